The highest BCUT2D eigenvalue weighted by Crippen LogP contribution is 2.22. The zero-order valence-electron chi connectivity index (χ0n) is 14.2. The molecule has 0 unspecified atom stereocenters. The number of piperidine rings is 1. The highest BCUT2D eigenvalue weighted by Gasteiger charge is 2.15. The molecule has 1 fully saturated rings. The van der Waals surface area contributed by atoms with Crippen molar-refractivity contribution in [3.63, 3.8) is 0 Å². The van der Waals surface area contributed by atoms with Gasteiger partial charge in [-0.3, -0.25) is 4.79 Å². The van der Waals surface area contributed by atoms with Gasteiger partial charge in [0.25, 0.3) is 5.91 Å². The maximum Gasteiger partial charge on any atom is 0.262 e. The molecule has 3 rings (SSSR count). The van der Waals surface area contributed by atoms with Crippen molar-refractivity contribution >= 4 is 33.5 Å². The van der Waals surface area contributed by atoms with Gasteiger partial charge in [0, 0.05) is 29.3 Å². The molecule has 1 aliphatic rings. The molecule has 2 aromatic rings. The van der Waals surface area contributed by atoms with Crippen LogP contribution < -0.4 is 15.0 Å². The van der Waals surface area contributed by atoms with Gasteiger partial charge < -0.3 is 15.0 Å². The summed E-state index contributed by atoms with van der Waals surface area (Å²) in [6, 6.07) is 9.20. The molecular formula is C18H21BrN4O2. The van der Waals surface area contributed by atoms with E-state index >= 15 is 0 Å². The topological polar surface area (TPSA) is 67.3 Å². The van der Waals surface area contributed by atoms with Crippen LogP contribution in [0.2, 0.25) is 0 Å². The average molecular weight is 405 g/mol. The number of amides is 1. The molecule has 0 saturated carbocycles. The van der Waals surface area contributed by atoms with Gasteiger partial charge >= 0.3 is 0 Å². The number of nitrogens with zero attached hydrogens (tertiary/aromatic N) is 3. The van der Waals surface area contributed by atoms with Crippen LogP contribution in [0.5, 0.6) is 5.88 Å². The number of hydrogen-bond acceptors (Lipinski definition) is 5. The van der Waals surface area contributed by atoms with E-state index in [9.17, 15) is 4.79 Å². The first-order valence-corrected chi connectivity index (χ1v) is 9.19. The van der Waals surface area contributed by atoms with Crippen molar-refractivity contribution in [2.75, 3.05) is 29.9 Å². The highest BCUT2D eigenvalue weighted by atomic mass is 79.9. The van der Waals surface area contributed by atoms with E-state index in [1.54, 1.807) is 6.07 Å². The third-order valence-electron chi connectivity index (χ3n) is 3.96. The minimum Gasteiger partial charge on any atom is -0.467 e. The number of nitrogens with one attached hydrogen (secondary N) is 1. The molecule has 2 heterocycles. The predicted molar refractivity (Wildman–Crippen MR) is 101 cm³/mol. The Hall–Kier alpha value is -2.15. The van der Waals surface area contributed by atoms with E-state index in [4.69, 9.17) is 4.74 Å². The Balaban J connectivity index is 1.61. The molecule has 1 aromatic heterocycles. The van der Waals surface area contributed by atoms with Gasteiger partial charge in [0.05, 0.1) is 5.69 Å². The molecule has 0 atom stereocenters. The lowest BCUT2D eigenvalue weighted by molar-refractivity contribution is -0.118. The summed E-state index contributed by atoms with van der Waals surface area (Å²) >= 11 is 3.40. The van der Waals surface area contributed by atoms with E-state index < -0.39 is 0 Å². The summed E-state index contributed by atoms with van der Waals surface area (Å²) in [6.45, 7) is 3.73. The summed E-state index contributed by atoms with van der Waals surface area (Å²) in [4.78, 5) is 23.2. The second-order valence-electron chi connectivity index (χ2n) is 6.01. The van der Waals surface area contributed by atoms with Crippen LogP contribution in [0.15, 0.2) is 34.8 Å². The average Bonchev–Trinajstić information content (AvgIpc) is 2.62. The fourth-order valence-corrected chi connectivity index (χ4v) is 3.11. The van der Waals surface area contributed by atoms with Crippen molar-refractivity contribution in [3.8, 4) is 5.88 Å². The normalized spacial score (nSPS) is 14.2. The molecule has 132 valence electrons. The second kappa shape index (κ2) is 8.29. The van der Waals surface area contributed by atoms with Gasteiger partial charge in [0.1, 0.15) is 0 Å². The summed E-state index contributed by atoms with van der Waals surface area (Å²) < 4.78 is 6.41. The summed E-state index contributed by atoms with van der Waals surface area (Å²) in [7, 11) is 0. The largest absolute Gasteiger partial charge is 0.467 e. The molecule has 6 nitrogen and oxygen atoms in total. The monoisotopic (exact) mass is 404 g/mol. The predicted octanol–water partition coefficient (Wildman–Crippen LogP) is 3.56. The standard InChI is InChI=1S/C18H21BrN4O2/c1-13-11-17(22-18(20-13)23-9-5-2-6-10-23)25-12-16(24)21-15-8-4-3-7-14(15)19/h3-4,7-8,11H,2,5-6,9-10,12H2,1H3,(H,21,24). The zero-order valence-corrected chi connectivity index (χ0v) is 15.8. The van der Waals surface area contributed by atoms with Crippen molar-refractivity contribution in [2.24, 2.45) is 0 Å². The third kappa shape index (κ3) is 4.92. The minimum absolute atomic E-state index is 0.1000. The number of halogens is 1. The van der Waals surface area contributed by atoms with Gasteiger partial charge in [-0.25, -0.2) is 4.98 Å². The maximum absolute atomic E-state index is 12.1. The van der Waals surface area contributed by atoms with Crippen LogP contribution in [0.1, 0.15) is 25.0 Å². The van der Waals surface area contributed by atoms with Crippen LogP contribution in [-0.2, 0) is 4.79 Å². The first-order chi connectivity index (χ1) is 12.1. The number of hydrogen-bond donors (Lipinski definition) is 1. The molecule has 1 aliphatic heterocycles. The van der Waals surface area contributed by atoms with Crippen molar-refractivity contribution in [3.05, 3.63) is 40.5 Å². The van der Waals surface area contributed by atoms with Crippen LogP contribution >= 0.6 is 15.9 Å². The van der Waals surface area contributed by atoms with E-state index in [2.05, 4.69) is 36.1 Å². The lowest BCUT2D eigenvalue weighted by Crippen LogP contribution is -2.31. The SMILES string of the molecule is Cc1cc(OCC(=O)Nc2ccccc2Br)nc(N2CCCCC2)n1. The van der Waals surface area contributed by atoms with E-state index in [0.29, 0.717) is 17.5 Å². The number of carbonyl (C=O) groups excluding carboxylic acids is 1. The van der Waals surface area contributed by atoms with Gasteiger partial charge in [-0.05, 0) is 54.2 Å². The van der Waals surface area contributed by atoms with Crippen LogP contribution in [0.25, 0.3) is 0 Å². The first kappa shape index (κ1) is 17.7. The van der Waals surface area contributed by atoms with Gasteiger partial charge in [-0.2, -0.15) is 4.98 Å². The molecule has 0 aliphatic carbocycles. The molecule has 1 N–H and O–H groups in total. The molecule has 1 saturated heterocycles. The summed E-state index contributed by atoms with van der Waals surface area (Å²) in [5, 5.41) is 2.81. The van der Waals surface area contributed by atoms with E-state index in [1.807, 2.05) is 31.2 Å². The van der Waals surface area contributed by atoms with E-state index in [0.717, 1.165) is 36.1 Å². The number of rotatable bonds is 5. The third-order valence-corrected chi connectivity index (χ3v) is 4.65. The quantitative estimate of drug-likeness (QED) is 0.824. The molecule has 0 spiro atoms. The number of anilines is 2. The molecule has 1 aromatic carbocycles. The van der Waals surface area contributed by atoms with Crippen LogP contribution in [0.4, 0.5) is 11.6 Å². The fourth-order valence-electron chi connectivity index (χ4n) is 2.72. The minimum atomic E-state index is -0.234. The fraction of sp³-hybridized carbons (Fsp3) is 0.389. The molecule has 0 bridgehead atoms. The Morgan fingerprint density at radius 3 is 2.76 bits per heavy atom. The number of aromatic nitrogens is 2. The number of carbonyl (C=O) groups is 1. The van der Waals surface area contributed by atoms with Gasteiger partial charge in [-0.1, -0.05) is 12.1 Å². The summed E-state index contributed by atoms with van der Waals surface area (Å²) in [6.07, 6.45) is 3.56. The van der Waals surface area contributed by atoms with Crippen molar-refractivity contribution < 1.29 is 9.53 Å². The summed E-state index contributed by atoms with van der Waals surface area (Å²) in [5.74, 6) is 0.874. The van der Waals surface area contributed by atoms with E-state index in [1.165, 1.54) is 6.42 Å². The Labute approximate surface area is 155 Å². The number of para-hydroxylation sites is 1. The van der Waals surface area contributed by atoms with Crippen molar-refractivity contribution in [2.45, 2.75) is 26.2 Å². The summed E-state index contributed by atoms with van der Waals surface area (Å²) in [5.41, 5.74) is 1.54. The van der Waals surface area contributed by atoms with Gasteiger partial charge in [0.2, 0.25) is 11.8 Å². The smallest absolute Gasteiger partial charge is 0.262 e. The lowest BCUT2D eigenvalue weighted by Gasteiger charge is -2.26. The second-order valence-corrected chi connectivity index (χ2v) is 6.87. The Kier molecular flexibility index (Phi) is 5.86. The molecular weight excluding hydrogens is 384 g/mol. The highest BCUT2D eigenvalue weighted by molar-refractivity contribution is 9.10. The Bertz CT molecular complexity index is 748. The van der Waals surface area contributed by atoms with Crippen LogP contribution in [0.3, 0.4) is 0 Å². The van der Waals surface area contributed by atoms with Crippen molar-refractivity contribution in [1.82, 2.24) is 9.97 Å². The molecule has 25 heavy (non-hydrogen) atoms. The molecule has 0 radical (unpaired) electrons. The first-order valence-electron chi connectivity index (χ1n) is 8.39. The zero-order chi connectivity index (χ0) is 17.6. The molecule has 1 amide bonds. The van der Waals surface area contributed by atoms with E-state index in [-0.39, 0.29) is 12.5 Å². The van der Waals surface area contributed by atoms with Gasteiger partial charge in [0.15, 0.2) is 6.61 Å². The van der Waals surface area contributed by atoms with Gasteiger partial charge in [-0.15, -0.1) is 0 Å². The number of ether oxygens (including phenoxy) is 1. The Morgan fingerprint density at radius 1 is 1.24 bits per heavy atom. The maximum atomic E-state index is 12.1. The van der Waals surface area contributed by atoms with Crippen LogP contribution in [0, 0.1) is 6.92 Å². The van der Waals surface area contributed by atoms with Crippen LogP contribution in [-0.4, -0.2) is 35.6 Å². The van der Waals surface area contributed by atoms with Crippen molar-refractivity contribution in [1.29, 1.82) is 0 Å². The Morgan fingerprint density at radius 2 is 2.00 bits per heavy atom. The molecule has 7 heteroatoms. The number of aryl methyl sites for hydroxylation is 1. The number of benzene rings is 1. The lowest BCUT2D eigenvalue weighted by atomic mass is 10.1.